The maximum atomic E-state index is 13.3. The highest BCUT2D eigenvalue weighted by Gasteiger charge is 2.31. The molecule has 2 aliphatic rings. The van der Waals surface area contributed by atoms with Crippen LogP contribution in [0, 0.1) is 6.92 Å². The second-order valence-electron chi connectivity index (χ2n) is 8.60. The largest absolute Gasteiger partial charge is 0.490 e. The van der Waals surface area contributed by atoms with Gasteiger partial charge in [-0.15, -0.1) is 5.10 Å². The summed E-state index contributed by atoms with van der Waals surface area (Å²) in [6, 6.07) is 14.0. The number of aromatic nitrogens is 4. The molecular formula is C25H25N5O3S. The Kier molecular flexibility index (Phi) is 5.49. The standard InChI is InChI=1S/C25H25N5O3S/c1-16-26-24-18-6-2-3-7-19(18)27-25(30(24)28-16)34-15-23(31)29-11-4-8-20(29)17-9-10-21-22(14-17)33-13-5-12-32-21/h2-3,6-7,9-10,14,20H,4-5,8,11-13,15H2,1H3. The quantitative estimate of drug-likeness (QED) is 0.323. The monoisotopic (exact) mass is 475 g/mol. The van der Waals surface area contributed by atoms with Crippen molar-refractivity contribution < 1.29 is 14.3 Å². The van der Waals surface area contributed by atoms with Crippen LogP contribution in [0.5, 0.6) is 11.5 Å². The van der Waals surface area contributed by atoms with E-state index in [1.165, 1.54) is 11.8 Å². The minimum Gasteiger partial charge on any atom is -0.490 e. The van der Waals surface area contributed by atoms with Gasteiger partial charge in [0.25, 0.3) is 0 Å². The molecule has 2 aromatic heterocycles. The van der Waals surface area contributed by atoms with Gasteiger partial charge in [-0.1, -0.05) is 30.0 Å². The summed E-state index contributed by atoms with van der Waals surface area (Å²) in [5, 5.41) is 6.15. The Morgan fingerprint density at radius 3 is 2.85 bits per heavy atom. The molecule has 0 bridgehead atoms. The minimum atomic E-state index is 0.0449. The van der Waals surface area contributed by atoms with Crippen LogP contribution in [0.2, 0.25) is 0 Å². The zero-order chi connectivity index (χ0) is 23.1. The lowest BCUT2D eigenvalue weighted by Crippen LogP contribution is -2.32. The third-order valence-corrected chi connectivity index (χ3v) is 7.22. The average Bonchev–Trinajstić information content (AvgIpc) is 3.43. The molecule has 174 valence electrons. The lowest BCUT2D eigenvalue weighted by atomic mass is 10.0. The lowest BCUT2D eigenvalue weighted by Gasteiger charge is -2.25. The van der Waals surface area contributed by atoms with Gasteiger partial charge < -0.3 is 14.4 Å². The average molecular weight is 476 g/mol. The molecule has 1 amide bonds. The molecule has 4 aromatic rings. The van der Waals surface area contributed by atoms with Crippen LogP contribution in [0.15, 0.2) is 47.6 Å². The number of ether oxygens (including phenoxy) is 2. The molecule has 1 atom stereocenters. The van der Waals surface area contributed by atoms with Gasteiger partial charge in [0.2, 0.25) is 5.91 Å². The van der Waals surface area contributed by atoms with Gasteiger partial charge in [-0.2, -0.15) is 4.52 Å². The maximum absolute atomic E-state index is 13.3. The van der Waals surface area contributed by atoms with Crippen LogP contribution < -0.4 is 9.47 Å². The molecule has 2 aliphatic heterocycles. The van der Waals surface area contributed by atoms with E-state index >= 15 is 0 Å². The van der Waals surface area contributed by atoms with Crippen molar-refractivity contribution in [1.82, 2.24) is 24.5 Å². The summed E-state index contributed by atoms with van der Waals surface area (Å²) in [6.45, 7) is 3.93. The number of rotatable bonds is 4. The van der Waals surface area contributed by atoms with Crippen molar-refractivity contribution in [2.24, 2.45) is 0 Å². The number of likely N-dealkylation sites (tertiary alicyclic amines) is 1. The van der Waals surface area contributed by atoms with Crippen LogP contribution in [0.25, 0.3) is 16.6 Å². The highest BCUT2D eigenvalue weighted by Crippen LogP contribution is 2.38. The first-order chi connectivity index (χ1) is 16.7. The zero-order valence-corrected chi connectivity index (χ0v) is 19.8. The summed E-state index contributed by atoms with van der Waals surface area (Å²) in [5.41, 5.74) is 2.71. The number of nitrogens with zero attached hydrogens (tertiary/aromatic N) is 5. The summed E-state index contributed by atoms with van der Waals surface area (Å²) in [6.07, 6.45) is 2.80. The Balaban J connectivity index is 1.23. The molecule has 1 fully saturated rings. The third kappa shape index (κ3) is 3.83. The Hall–Kier alpha value is -3.33. The Bertz CT molecular complexity index is 1390. The van der Waals surface area contributed by atoms with Gasteiger partial charge >= 0.3 is 0 Å². The van der Waals surface area contributed by atoms with Gasteiger partial charge in [0.05, 0.1) is 30.5 Å². The molecule has 1 unspecified atom stereocenters. The Morgan fingerprint density at radius 1 is 1.09 bits per heavy atom. The maximum Gasteiger partial charge on any atom is 0.233 e. The number of hydrogen-bond donors (Lipinski definition) is 0. The van der Waals surface area contributed by atoms with E-state index in [1.54, 1.807) is 4.52 Å². The number of thioether (sulfide) groups is 1. The molecule has 1 saturated heterocycles. The second kappa shape index (κ2) is 8.79. The van der Waals surface area contributed by atoms with E-state index < -0.39 is 0 Å². The van der Waals surface area contributed by atoms with Crippen molar-refractivity contribution in [3.05, 3.63) is 53.9 Å². The second-order valence-corrected chi connectivity index (χ2v) is 9.54. The first-order valence-corrected chi connectivity index (χ1v) is 12.6. The smallest absolute Gasteiger partial charge is 0.233 e. The molecule has 9 heteroatoms. The SMILES string of the molecule is Cc1nc2c3ccccc3nc(SCC(=O)N3CCCC3c3ccc4c(c3)OCCCO4)n2n1. The van der Waals surface area contributed by atoms with Gasteiger partial charge in [0, 0.05) is 18.4 Å². The van der Waals surface area contributed by atoms with Crippen molar-refractivity contribution >= 4 is 34.2 Å². The van der Waals surface area contributed by atoms with E-state index in [0.717, 1.165) is 59.4 Å². The molecule has 6 rings (SSSR count). The fourth-order valence-electron chi connectivity index (χ4n) is 4.73. The summed E-state index contributed by atoms with van der Waals surface area (Å²) in [7, 11) is 0. The number of carbonyl (C=O) groups is 1. The number of amides is 1. The number of hydrogen-bond acceptors (Lipinski definition) is 7. The number of fused-ring (bicyclic) bond motifs is 4. The van der Waals surface area contributed by atoms with E-state index in [2.05, 4.69) is 16.1 Å². The Morgan fingerprint density at radius 2 is 1.94 bits per heavy atom. The van der Waals surface area contributed by atoms with Gasteiger partial charge in [-0.25, -0.2) is 9.97 Å². The topological polar surface area (TPSA) is 81.9 Å². The third-order valence-electron chi connectivity index (χ3n) is 6.31. The van der Waals surface area contributed by atoms with Crippen molar-refractivity contribution in [2.75, 3.05) is 25.5 Å². The predicted octanol–water partition coefficient (Wildman–Crippen LogP) is 4.20. The number of benzene rings is 2. The first kappa shape index (κ1) is 21.2. The fourth-order valence-corrected chi connectivity index (χ4v) is 5.57. The van der Waals surface area contributed by atoms with Crippen molar-refractivity contribution in [2.45, 2.75) is 37.4 Å². The van der Waals surface area contributed by atoms with Crippen LogP contribution >= 0.6 is 11.8 Å². The fraction of sp³-hybridized carbons (Fsp3) is 0.360. The molecular weight excluding hydrogens is 450 g/mol. The van der Waals surface area contributed by atoms with Gasteiger partial charge in [-0.3, -0.25) is 4.79 Å². The molecule has 0 saturated carbocycles. The summed E-state index contributed by atoms with van der Waals surface area (Å²) in [4.78, 5) is 24.7. The number of para-hydroxylation sites is 1. The normalized spacial score (nSPS) is 17.9. The van der Waals surface area contributed by atoms with E-state index in [1.807, 2.05) is 48.2 Å². The number of aryl methyl sites for hydroxylation is 1. The summed E-state index contributed by atoms with van der Waals surface area (Å²) in [5.74, 6) is 2.62. The summed E-state index contributed by atoms with van der Waals surface area (Å²) < 4.78 is 13.4. The first-order valence-electron chi connectivity index (χ1n) is 11.6. The minimum absolute atomic E-state index is 0.0449. The van der Waals surface area contributed by atoms with Crippen molar-refractivity contribution in [3.63, 3.8) is 0 Å². The highest BCUT2D eigenvalue weighted by atomic mass is 32.2. The van der Waals surface area contributed by atoms with E-state index in [-0.39, 0.29) is 11.9 Å². The molecule has 2 aromatic carbocycles. The van der Waals surface area contributed by atoms with Gasteiger partial charge in [0.1, 0.15) is 5.82 Å². The van der Waals surface area contributed by atoms with Crippen LogP contribution in [-0.4, -0.2) is 55.9 Å². The van der Waals surface area contributed by atoms with Crippen LogP contribution in [0.4, 0.5) is 0 Å². The predicted molar refractivity (Wildman–Crippen MR) is 129 cm³/mol. The van der Waals surface area contributed by atoms with Crippen LogP contribution in [0.3, 0.4) is 0 Å². The van der Waals surface area contributed by atoms with E-state index in [0.29, 0.717) is 29.9 Å². The molecule has 0 spiro atoms. The van der Waals surface area contributed by atoms with Crippen molar-refractivity contribution in [3.8, 4) is 11.5 Å². The van der Waals surface area contributed by atoms with Gasteiger partial charge in [0.15, 0.2) is 22.3 Å². The highest BCUT2D eigenvalue weighted by molar-refractivity contribution is 7.99. The zero-order valence-electron chi connectivity index (χ0n) is 18.9. The van der Waals surface area contributed by atoms with Gasteiger partial charge in [-0.05, 0) is 49.6 Å². The molecule has 34 heavy (non-hydrogen) atoms. The molecule has 8 nitrogen and oxygen atoms in total. The molecule has 0 radical (unpaired) electrons. The molecule has 0 N–H and O–H groups in total. The van der Waals surface area contributed by atoms with Crippen LogP contribution in [0.1, 0.15) is 36.7 Å². The van der Waals surface area contributed by atoms with E-state index in [4.69, 9.17) is 14.5 Å². The molecule has 0 aliphatic carbocycles. The lowest BCUT2D eigenvalue weighted by molar-refractivity contribution is -0.129. The van der Waals surface area contributed by atoms with E-state index in [9.17, 15) is 4.79 Å². The van der Waals surface area contributed by atoms with Crippen LogP contribution in [-0.2, 0) is 4.79 Å². The Labute approximate surface area is 201 Å². The van der Waals surface area contributed by atoms with Crippen molar-refractivity contribution in [1.29, 1.82) is 0 Å². The number of carbonyl (C=O) groups excluding carboxylic acids is 1. The summed E-state index contributed by atoms with van der Waals surface area (Å²) >= 11 is 1.41. The molecule has 4 heterocycles.